The molecular weight excluding hydrogens is 246 g/mol. The Morgan fingerprint density at radius 2 is 1.95 bits per heavy atom. The third-order valence-corrected chi connectivity index (χ3v) is 3.43. The summed E-state index contributed by atoms with van der Waals surface area (Å²) in [6, 6.07) is 14.2. The van der Waals surface area contributed by atoms with Gasteiger partial charge in [0.25, 0.3) is 0 Å². The first-order valence-electron chi connectivity index (χ1n) is 7.17. The Balaban J connectivity index is 1.66. The lowest BCUT2D eigenvalue weighted by molar-refractivity contribution is 0.332. The average Bonchev–Trinajstić information content (AvgIpc) is 2.46. The lowest BCUT2D eigenvalue weighted by Crippen LogP contribution is -2.23. The molecule has 2 aromatic rings. The Kier molecular flexibility index (Phi) is 5.56. The third-order valence-electron chi connectivity index (χ3n) is 3.43. The van der Waals surface area contributed by atoms with Crippen molar-refractivity contribution in [3.63, 3.8) is 0 Å². The van der Waals surface area contributed by atoms with E-state index < -0.39 is 0 Å². The van der Waals surface area contributed by atoms with Crippen LogP contribution in [0.2, 0.25) is 0 Å². The normalized spacial score (nSPS) is 10.9. The smallest absolute Gasteiger partial charge is 0.0416 e. The van der Waals surface area contributed by atoms with Gasteiger partial charge in [0.2, 0.25) is 0 Å². The van der Waals surface area contributed by atoms with Crippen LogP contribution in [0, 0.1) is 0 Å². The largest absolute Gasteiger partial charge is 0.399 e. The number of aryl methyl sites for hydroxylation is 1. The molecule has 0 aliphatic rings. The summed E-state index contributed by atoms with van der Waals surface area (Å²) >= 11 is 0. The van der Waals surface area contributed by atoms with Crippen molar-refractivity contribution in [2.24, 2.45) is 0 Å². The maximum absolute atomic E-state index is 5.78. The van der Waals surface area contributed by atoms with Crippen molar-refractivity contribution in [2.75, 3.05) is 25.9 Å². The second kappa shape index (κ2) is 7.65. The molecule has 0 aliphatic carbocycles. The number of nitrogens with zero attached hydrogens (tertiary/aromatic N) is 2. The number of nitrogens with two attached hydrogens (primary N) is 1. The maximum Gasteiger partial charge on any atom is 0.0416 e. The number of nitrogen functional groups attached to an aromatic ring is 1. The van der Waals surface area contributed by atoms with E-state index in [0.29, 0.717) is 0 Å². The van der Waals surface area contributed by atoms with Gasteiger partial charge in [-0.2, -0.15) is 0 Å². The molecule has 1 heterocycles. The van der Waals surface area contributed by atoms with Gasteiger partial charge < -0.3 is 10.6 Å². The number of likely N-dealkylation sites (N-methyl/N-ethyl adjacent to an activating group) is 1. The molecule has 0 spiro atoms. The summed E-state index contributed by atoms with van der Waals surface area (Å²) in [7, 11) is 2.17. The first-order chi connectivity index (χ1) is 9.74. The van der Waals surface area contributed by atoms with E-state index in [0.717, 1.165) is 43.7 Å². The number of pyridine rings is 1. The minimum atomic E-state index is 0.853. The fourth-order valence-electron chi connectivity index (χ4n) is 2.26. The van der Waals surface area contributed by atoms with Gasteiger partial charge in [0.1, 0.15) is 0 Å². The molecule has 0 atom stereocenters. The Labute approximate surface area is 121 Å². The standard InChI is InChI=1S/C17H23N3/c1-20(13-10-17-9-2-3-11-19-17)12-5-7-15-6-4-8-16(18)14-15/h2-4,6,8-9,11,14H,5,7,10,12-13,18H2,1H3. The van der Waals surface area contributed by atoms with Gasteiger partial charge in [-0.3, -0.25) is 4.98 Å². The summed E-state index contributed by atoms with van der Waals surface area (Å²) in [5.74, 6) is 0. The summed E-state index contributed by atoms with van der Waals surface area (Å²) in [5, 5.41) is 0. The van der Waals surface area contributed by atoms with Gasteiger partial charge in [-0.1, -0.05) is 18.2 Å². The predicted molar refractivity (Wildman–Crippen MR) is 84.6 cm³/mol. The van der Waals surface area contributed by atoms with Crippen molar-refractivity contribution < 1.29 is 0 Å². The maximum atomic E-state index is 5.78. The number of benzene rings is 1. The van der Waals surface area contributed by atoms with Crippen molar-refractivity contribution >= 4 is 5.69 Å². The molecule has 0 aliphatic heterocycles. The van der Waals surface area contributed by atoms with E-state index in [1.165, 1.54) is 5.56 Å². The van der Waals surface area contributed by atoms with Crippen molar-refractivity contribution in [3.8, 4) is 0 Å². The third kappa shape index (κ3) is 5.02. The van der Waals surface area contributed by atoms with Gasteiger partial charge in [0, 0.05) is 30.5 Å². The molecule has 3 nitrogen and oxygen atoms in total. The summed E-state index contributed by atoms with van der Waals surface area (Å²) in [6.07, 6.45) is 5.10. The molecule has 1 aromatic carbocycles. The summed E-state index contributed by atoms with van der Waals surface area (Å²) in [5.41, 5.74) is 9.12. The van der Waals surface area contributed by atoms with Crippen LogP contribution in [0.4, 0.5) is 5.69 Å². The zero-order chi connectivity index (χ0) is 14.2. The van der Waals surface area contributed by atoms with Crippen molar-refractivity contribution in [3.05, 3.63) is 59.9 Å². The molecule has 2 rings (SSSR count). The van der Waals surface area contributed by atoms with Gasteiger partial charge in [0.05, 0.1) is 0 Å². The quantitative estimate of drug-likeness (QED) is 0.786. The van der Waals surface area contributed by atoms with Crippen LogP contribution in [0.15, 0.2) is 48.7 Å². The molecule has 0 unspecified atom stereocenters. The fourth-order valence-corrected chi connectivity index (χ4v) is 2.26. The molecule has 1 aromatic heterocycles. The van der Waals surface area contributed by atoms with E-state index in [1.54, 1.807) is 0 Å². The van der Waals surface area contributed by atoms with Crippen molar-refractivity contribution in [2.45, 2.75) is 19.3 Å². The minimum absolute atomic E-state index is 0.853. The molecule has 0 saturated heterocycles. The number of hydrogen-bond donors (Lipinski definition) is 1. The van der Waals surface area contributed by atoms with E-state index in [9.17, 15) is 0 Å². The molecule has 0 bridgehead atoms. The van der Waals surface area contributed by atoms with Crippen LogP contribution in [0.1, 0.15) is 17.7 Å². The Hall–Kier alpha value is -1.87. The van der Waals surface area contributed by atoms with Gasteiger partial charge in [0.15, 0.2) is 0 Å². The molecule has 0 radical (unpaired) electrons. The number of anilines is 1. The summed E-state index contributed by atoms with van der Waals surface area (Å²) < 4.78 is 0. The van der Waals surface area contributed by atoms with E-state index >= 15 is 0 Å². The Morgan fingerprint density at radius 1 is 1.05 bits per heavy atom. The predicted octanol–water partition coefficient (Wildman–Crippen LogP) is 2.77. The Bertz CT molecular complexity index is 511. The zero-order valence-electron chi connectivity index (χ0n) is 12.1. The Morgan fingerprint density at radius 3 is 2.70 bits per heavy atom. The lowest BCUT2D eigenvalue weighted by Gasteiger charge is -2.16. The van der Waals surface area contributed by atoms with E-state index in [1.807, 2.05) is 30.5 Å². The second-order valence-electron chi connectivity index (χ2n) is 5.22. The highest BCUT2D eigenvalue weighted by atomic mass is 15.1. The molecule has 3 heteroatoms. The first kappa shape index (κ1) is 14.5. The number of aromatic nitrogens is 1. The van der Waals surface area contributed by atoms with Crippen LogP contribution in [0.3, 0.4) is 0 Å². The lowest BCUT2D eigenvalue weighted by atomic mass is 10.1. The SMILES string of the molecule is CN(CCCc1cccc(N)c1)CCc1ccccn1. The fraction of sp³-hybridized carbons (Fsp3) is 0.353. The highest BCUT2D eigenvalue weighted by molar-refractivity contribution is 5.40. The topological polar surface area (TPSA) is 42.1 Å². The molecule has 20 heavy (non-hydrogen) atoms. The van der Waals surface area contributed by atoms with Gasteiger partial charge >= 0.3 is 0 Å². The molecule has 0 saturated carbocycles. The molecule has 2 N–H and O–H groups in total. The first-order valence-corrected chi connectivity index (χ1v) is 7.17. The monoisotopic (exact) mass is 269 g/mol. The summed E-state index contributed by atoms with van der Waals surface area (Å²) in [4.78, 5) is 6.71. The molecule has 0 amide bonds. The van der Waals surface area contributed by atoms with Crippen LogP contribution >= 0.6 is 0 Å². The van der Waals surface area contributed by atoms with Gasteiger partial charge in [-0.05, 0) is 56.3 Å². The molecular formula is C17H23N3. The van der Waals surface area contributed by atoms with Crippen molar-refractivity contribution in [1.82, 2.24) is 9.88 Å². The van der Waals surface area contributed by atoms with Crippen LogP contribution in [-0.2, 0) is 12.8 Å². The second-order valence-corrected chi connectivity index (χ2v) is 5.22. The van der Waals surface area contributed by atoms with E-state index in [-0.39, 0.29) is 0 Å². The number of rotatable bonds is 7. The molecule has 0 fully saturated rings. The zero-order valence-corrected chi connectivity index (χ0v) is 12.1. The van der Waals surface area contributed by atoms with Crippen molar-refractivity contribution in [1.29, 1.82) is 0 Å². The minimum Gasteiger partial charge on any atom is -0.399 e. The van der Waals surface area contributed by atoms with Gasteiger partial charge in [-0.25, -0.2) is 0 Å². The molecule has 106 valence electrons. The average molecular weight is 269 g/mol. The highest BCUT2D eigenvalue weighted by Crippen LogP contribution is 2.09. The van der Waals surface area contributed by atoms with Crippen LogP contribution in [0.25, 0.3) is 0 Å². The number of hydrogen-bond acceptors (Lipinski definition) is 3. The highest BCUT2D eigenvalue weighted by Gasteiger charge is 2.01. The van der Waals surface area contributed by atoms with Gasteiger partial charge in [-0.15, -0.1) is 0 Å². The van der Waals surface area contributed by atoms with E-state index in [2.05, 4.69) is 35.1 Å². The van der Waals surface area contributed by atoms with E-state index in [4.69, 9.17) is 5.73 Å². The van der Waals surface area contributed by atoms with Crippen LogP contribution in [-0.4, -0.2) is 30.0 Å². The summed E-state index contributed by atoms with van der Waals surface area (Å²) in [6.45, 7) is 2.15. The van der Waals surface area contributed by atoms with Crippen LogP contribution in [0.5, 0.6) is 0 Å². The van der Waals surface area contributed by atoms with Crippen LogP contribution < -0.4 is 5.73 Å².